The molecule has 1 aliphatic rings. The third-order valence-electron chi connectivity index (χ3n) is 3.37. The highest BCUT2D eigenvalue weighted by Crippen LogP contribution is 2.27. The maximum absolute atomic E-state index is 12.2. The summed E-state index contributed by atoms with van der Waals surface area (Å²) in [5.41, 5.74) is 1.53. The Bertz CT molecular complexity index is 531. The Hall–Kier alpha value is -1.76. The van der Waals surface area contributed by atoms with Gasteiger partial charge < -0.3 is 9.75 Å². The number of aromatic nitrogens is 1. The van der Waals surface area contributed by atoms with E-state index in [1.165, 1.54) is 0 Å². The van der Waals surface area contributed by atoms with Gasteiger partial charge in [-0.1, -0.05) is 6.08 Å². The van der Waals surface area contributed by atoms with Gasteiger partial charge in [-0.25, -0.2) is 9.99 Å². The first-order valence-electron chi connectivity index (χ1n) is 6.60. The van der Waals surface area contributed by atoms with Crippen molar-refractivity contribution in [2.45, 2.75) is 26.1 Å². The Kier molecular flexibility index (Phi) is 4.41. The van der Waals surface area contributed by atoms with E-state index in [0.29, 0.717) is 5.56 Å². The lowest BCUT2D eigenvalue weighted by Gasteiger charge is -2.31. The fourth-order valence-electron chi connectivity index (χ4n) is 2.24. The fourth-order valence-corrected chi connectivity index (χ4v) is 2.24. The van der Waals surface area contributed by atoms with E-state index in [1.54, 1.807) is 13.1 Å². The van der Waals surface area contributed by atoms with Gasteiger partial charge in [0.1, 0.15) is 0 Å². The van der Waals surface area contributed by atoms with Gasteiger partial charge in [-0.2, -0.15) is 13.2 Å². The van der Waals surface area contributed by atoms with E-state index in [9.17, 15) is 13.2 Å². The van der Waals surface area contributed by atoms with Gasteiger partial charge in [-0.3, -0.25) is 0 Å². The van der Waals surface area contributed by atoms with Gasteiger partial charge >= 0.3 is 6.18 Å². The molecule has 0 saturated carbocycles. The summed E-state index contributed by atoms with van der Waals surface area (Å²) in [5.74, 6) is 0.0242. The van der Waals surface area contributed by atoms with Crippen LogP contribution in [-0.4, -0.2) is 41.4 Å². The predicted octanol–water partition coefficient (Wildman–Crippen LogP) is 3.07. The third-order valence-corrected chi connectivity index (χ3v) is 3.37. The molecule has 0 aromatic carbocycles. The molecule has 0 N–H and O–H groups in total. The zero-order valence-electron chi connectivity index (χ0n) is 12.2. The van der Waals surface area contributed by atoms with Crippen LogP contribution in [0.25, 0.3) is 0 Å². The van der Waals surface area contributed by atoms with Gasteiger partial charge in [-0.15, -0.1) is 0 Å². The van der Waals surface area contributed by atoms with Gasteiger partial charge in [-0.05, 0) is 25.5 Å². The molecule has 1 aromatic rings. The number of pyridine rings is 1. The molecule has 1 atom stereocenters. The van der Waals surface area contributed by atoms with E-state index in [4.69, 9.17) is 4.74 Å². The van der Waals surface area contributed by atoms with E-state index < -0.39 is 12.8 Å². The Morgan fingerprint density at radius 1 is 1.43 bits per heavy atom. The van der Waals surface area contributed by atoms with E-state index >= 15 is 0 Å². The van der Waals surface area contributed by atoms with Crippen LogP contribution < -0.4 is 4.74 Å². The SMILES string of the molecule is Cc1cc(C(C)N2CC=CN2C)cnc1OCC(F)(F)F. The van der Waals surface area contributed by atoms with Crippen LogP contribution >= 0.6 is 0 Å². The molecule has 2 rings (SSSR count). The summed E-state index contributed by atoms with van der Waals surface area (Å²) in [6, 6.07) is 1.89. The van der Waals surface area contributed by atoms with Crippen molar-refractivity contribution in [3.8, 4) is 5.88 Å². The third kappa shape index (κ3) is 3.87. The summed E-state index contributed by atoms with van der Waals surface area (Å²) >= 11 is 0. The normalized spacial score (nSPS) is 17.3. The number of halogens is 3. The summed E-state index contributed by atoms with van der Waals surface area (Å²) in [6.45, 7) is 3.19. The van der Waals surface area contributed by atoms with Crippen LogP contribution in [0.15, 0.2) is 24.5 Å². The number of nitrogens with zero attached hydrogens (tertiary/aromatic N) is 3. The lowest BCUT2D eigenvalue weighted by Crippen LogP contribution is -2.34. The number of hydrazine groups is 1. The first kappa shape index (κ1) is 15.6. The number of ether oxygens (including phenoxy) is 1. The van der Waals surface area contributed by atoms with E-state index in [1.807, 2.05) is 37.3 Å². The second-order valence-corrected chi connectivity index (χ2v) is 5.05. The Morgan fingerprint density at radius 2 is 2.14 bits per heavy atom. The first-order chi connectivity index (χ1) is 9.78. The molecule has 2 heterocycles. The molecule has 4 nitrogen and oxygen atoms in total. The van der Waals surface area contributed by atoms with Crippen LogP contribution in [-0.2, 0) is 0 Å². The highest BCUT2D eigenvalue weighted by molar-refractivity contribution is 5.30. The van der Waals surface area contributed by atoms with Crippen molar-refractivity contribution in [1.29, 1.82) is 0 Å². The molecule has 1 aromatic heterocycles. The summed E-state index contributed by atoms with van der Waals surface area (Å²) in [6.07, 6.45) is 1.22. The number of hydrogen-bond acceptors (Lipinski definition) is 4. The number of hydrogen-bond donors (Lipinski definition) is 0. The molecule has 0 fully saturated rings. The molecule has 0 bridgehead atoms. The topological polar surface area (TPSA) is 28.6 Å². The highest BCUT2D eigenvalue weighted by atomic mass is 19.4. The smallest absolute Gasteiger partial charge is 0.422 e. The maximum atomic E-state index is 12.2. The minimum atomic E-state index is -4.36. The molecule has 7 heteroatoms. The Balaban J connectivity index is 2.08. The summed E-state index contributed by atoms with van der Waals surface area (Å²) < 4.78 is 41.2. The monoisotopic (exact) mass is 301 g/mol. The van der Waals surface area contributed by atoms with Crippen LogP contribution in [0.5, 0.6) is 5.88 Å². The van der Waals surface area contributed by atoms with E-state index in [0.717, 1.165) is 12.1 Å². The van der Waals surface area contributed by atoms with Crippen molar-refractivity contribution >= 4 is 0 Å². The van der Waals surface area contributed by atoms with Gasteiger partial charge in [0.05, 0.1) is 6.04 Å². The Morgan fingerprint density at radius 3 is 2.67 bits per heavy atom. The van der Waals surface area contributed by atoms with Crippen molar-refractivity contribution in [2.75, 3.05) is 20.2 Å². The first-order valence-corrected chi connectivity index (χ1v) is 6.60. The van der Waals surface area contributed by atoms with Gasteiger partial charge in [0, 0.05) is 31.6 Å². The molecule has 0 radical (unpaired) electrons. The van der Waals surface area contributed by atoms with Gasteiger partial charge in [0.15, 0.2) is 6.61 Å². The second kappa shape index (κ2) is 5.93. The van der Waals surface area contributed by atoms with Crippen molar-refractivity contribution in [3.63, 3.8) is 0 Å². The molecular weight excluding hydrogens is 283 g/mol. The van der Waals surface area contributed by atoms with Crippen LogP contribution in [0.3, 0.4) is 0 Å². The van der Waals surface area contributed by atoms with E-state index in [2.05, 4.69) is 9.99 Å². The minimum absolute atomic E-state index is 0.0242. The van der Waals surface area contributed by atoms with Crippen LogP contribution in [0.4, 0.5) is 13.2 Å². The largest absolute Gasteiger partial charge is 0.468 e. The van der Waals surface area contributed by atoms with Crippen molar-refractivity contribution in [2.24, 2.45) is 0 Å². The number of rotatable bonds is 4. The molecule has 1 aliphatic heterocycles. The summed E-state index contributed by atoms with van der Waals surface area (Å²) in [7, 11) is 1.95. The Labute approximate surface area is 121 Å². The molecular formula is C14H18F3N3O. The lowest BCUT2D eigenvalue weighted by molar-refractivity contribution is -0.154. The molecule has 116 valence electrons. The standard InChI is InChI=1S/C14H18F3N3O/c1-10-7-12(11(2)20-6-4-5-19(20)3)8-18-13(10)21-9-14(15,16)17/h4-5,7-8,11H,6,9H2,1-3H3. The zero-order valence-corrected chi connectivity index (χ0v) is 12.2. The van der Waals surface area contributed by atoms with Crippen LogP contribution in [0, 0.1) is 6.92 Å². The average molecular weight is 301 g/mol. The second-order valence-electron chi connectivity index (χ2n) is 5.05. The van der Waals surface area contributed by atoms with Crippen LogP contribution in [0.2, 0.25) is 0 Å². The zero-order chi connectivity index (χ0) is 15.6. The van der Waals surface area contributed by atoms with Gasteiger partial charge in [0.25, 0.3) is 0 Å². The molecule has 1 unspecified atom stereocenters. The maximum Gasteiger partial charge on any atom is 0.422 e. The predicted molar refractivity (Wildman–Crippen MR) is 72.5 cm³/mol. The average Bonchev–Trinajstić information content (AvgIpc) is 2.81. The molecule has 0 amide bonds. The van der Waals surface area contributed by atoms with E-state index in [-0.39, 0.29) is 11.9 Å². The molecule has 21 heavy (non-hydrogen) atoms. The van der Waals surface area contributed by atoms with Crippen molar-refractivity contribution < 1.29 is 17.9 Å². The van der Waals surface area contributed by atoms with Crippen molar-refractivity contribution in [1.82, 2.24) is 15.0 Å². The number of aryl methyl sites for hydroxylation is 1. The van der Waals surface area contributed by atoms with Crippen molar-refractivity contribution in [3.05, 3.63) is 35.7 Å². The quantitative estimate of drug-likeness (QED) is 0.854. The summed E-state index contributed by atoms with van der Waals surface area (Å²) in [5, 5.41) is 4.10. The fraction of sp³-hybridized carbons (Fsp3) is 0.500. The summed E-state index contributed by atoms with van der Waals surface area (Å²) in [4.78, 5) is 4.01. The highest BCUT2D eigenvalue weighted by Gasteiger charge is 2.29. The molecule has 0 spiro atoms. The molecule has 0 saturated heterocycles. The number of alkyl halides is 3. The minimum Gasteiger partial charge on any atom is -0.468 e. The van der Waals surface area contributed by atoms with Gasteiger partial charge in [0.2, 0.25) is 5.88 Å². The molecule has 0 aliphatic carbocycles. The lowest BCUT2D eigenvalue weighted by atomic mass is 10.1. The van der Waals surface area contributed by atoms with Crippen LogP contribution in [0.1, 0.15) is 24.1 Å².